The van der Waals surface area contributed by atoms with Crippen LogP contribution in [0.1, 0.15) is 22.5 Å². The van der Waals surface area contributed by atoms with Crippen molar-refractivity contribution in [3.63, 3.8) is 0 Å². The minimum absolute atomic E-state index is 0.271. The average molecular weight is 378 g/mol. The van der Waals surface area contributed by atoms with Crippen LogP contribution in [0.4, 0.5) is 17.5 Å². The van der Waals surface area contributed by atoms with Crippen LogP contribution in [0.25, 0.3) is 10.2 Å². The first-order valence-electron chi connectivity index (χ1n) is 8.70. The number of morpholine rings is 1. The number of fused-ring (bicyclic) bond motifs is 1. The maximum Gasteiger partial charge on any atom is 0.260 e. The van der Waals surface area contributed by atoms with E-state index in [4.69, 9.17) is 21.2 Å². The molecule has 0 aliphatic carbocycles. The molecule has 2 saturated heterocycles. The third-order valence-electron chi connectivity index (χ3n) is 4.84. The zero-order chi connectivity index (χ0) is 18.3. The molecule has 5 N–H and O–H groups in total. The number of aliphatic hydroxyl groups is 1. The van der Waals surface area contributed by atoms with Gasteiger partial charge in [0.15, 0.2) is 0 Å². The third-order valence-corrected chi connectivity index (χ3v) is 5.95. The van der Waals surface area contributed by atoms with Crippen LogP contribution in [-0.2, 0) is 4.74 Å². The van der Waals surface area contributed by atoms with Gasteiger partial charge in [-0.15, -0.1) is 11.3 Å². The van der Waals surface area contributed by atoms with Gasteiger partial charge in [-0.1, -0.05) is 0 Å². The molecule has 2 aliphatic rings. The lowest BCUT2D eigenvalue weighted by Crippen LogP contribution is -2.39. The van der Waals surface area contributed by atoms with Gasteiger partial charge in [-0.2, -0.15) is 4.98 Å². The summed E-state index contributed by atoms with van der Waals surface area (Å²) in [5.74, 6) is 0.768. The Morgan fingerprint density at radius 3 is 2.50 bits per heavy atom. The van der Waals surface area contributed by atoms with E-state index in [9.17, 15) is 9.90 Å². The number of aliphatic hydroxyl groups excluding tert-OH is 1. The Morgan fingerprint density at radius 2 is 1.85 bits per heavy atom. The van der Waals surface area contributed by atoms with Crippen molar-refractivity contribution < 1.29 is 14.6 Å². The second-order valence-electron chi connectivity index (χ2n) is 6.55. The fourth-order valence-corrected chi connectivity index (χ4v) is 4.32. The number of primary amides is 1. The summed E-state index contributed by atoms with van der Waals surface area (Å²) < 4.78 is 5.44. The number of carbonyl (C=O) groups is 1. The molecule has 2 fully saturated rings. The predicted molar refractivity (Wildman–Crippen MR) is 101 cm³/mol. The van der Waals surface area contributed by atoms with Gasteiger partial charge in [-0.3, -0.25) is 4.79 Å². The summed E-state index contributed by atoms with van der Waals surface area (Å²) in [5, 5.41) is 10.4. The largest absolute Gasteiger partial charge is 0.397 e. The molecule has 10 heteroatoms. The molecule has 0 spiro atoms. The second kappa shape index (κ2) is 6.86. The van der Waals surface area contributed by atoms with Crippen LogP contribution >= 0.6 is 11.3 Å². The van der Waals surface area contributed by atoms with Gasteiger partial charge in [0.25, 0.3) is 5.91 Å². The van der Waals surface area contributed by atoms with E-state index in [0.29, 0.717) is 79.0 Å². The average Bonchev–Trinajstić information content (AvgIpc) is 2.99. The van der Waals surface area contributed by atoms with E-state index in [0.717, 1.165) is 5.82 Å². The minimum atomic E-state index is -0.555. The Labute approximate surface area is 154 Å². The molecule has 26 heavy (non-hydrogen) atoms. The fraction of sp³-hybridized carbons (Fsp3) is 0.562. The zero-order valence-corrected chi connectivity index (χ0v) is 15.2. The molecule has 0 atom stereocenters. The standard InChI is InChI=1S/C16H22N6O3S/c17-11-10-14(21-5-7-25-8-6-21)19-16(22-3-1-9(23)2-4-22)20-15(10)26-12(11)13(18)24/h9,23H,1-8,17H2,(H2,18,24). The molecule has 4 rings (SSSR count). The third kappa shape index (κ3) is 3.04. The molecule has 140 valence electrons. The van der Waals surface area contributed by atoms with Crippen LogP contribution in [0.2, 0.25) is 0 Å². The topological polar surface area (TPSA) is 131 Å². The normalized spacial score (nSPS) is 19.3. The highest BCUT2D eigenvalue weighted by atomic mass is 32.1. The second-order valence-corrected chi connectivity index (χ2v) is 7.55. The van der Waals surface area contributed by atoms with Gasteiger partial charge in [0.1, 0.15) is 15.5 Å². The number of amides is 1. The lowest BCUT2D eigenvalue weighted by molar-refractivity contribution is 0.100. The van der Waals surface area contributed by atoms with Crippen molar-refractivity contribution in [3.05, 3.63) is 4.88 Å². The minimum Gasteiger partial charge on any atom is -0.397 e. The summed E-state index contributed by atoms with van der Waals surface area (Å²) in [6.07, 6.45) is 1.10. The van der Waals surface area contributed by atoms with Crippen LogP contribution in [0.15, 0.2) is 0 Å². The Morgan fingerprint density at radius 1 is 1.15 bits per heavy atom. The number of thiophene rings is 1. The van der Waals surface area contributed by atoms with Crippen molar-refractivity contribution in [1.82, 2.24) is 9.97 Å². The maximum atomic E-state index is 11.7. The lowest BCUT2D eigenvalue weighted by Gasteiger charge is -2.32. The molecule has 1 amide bonds. The van der Waals surface area contributed by atoms with Crippen molar-refractivity contribution >= 4 is 44.9 Å². The molecular weight excluding hydrogens is 356 g/mol. The highest BCUT2D eigenvalue weighted by molar-refractivity contribution is 7.21. The Kier molecular flexibility index (Phi) is 4.55. The van der Waals surface area contributed by atoms with Gasteiger partial charge in [-0.25, -0.2) is 4.98 Å². The molecule has 0 aromatic carbocycles. The SMILES string of the molecule is NC(=O)c1sc2nc(N3CCC(O)CC3)nc(N3CCOCC3)c2c1N. The van der Waals surface area contributed by atoms with E-state index >= 15 is 0 Å². The fourth-order valence-electron chi connectivity index (χ4n) is 3.39. The number of hydrogen-bond donors (Lipinski definition) is 3. The van der Waals surface area contributed by atoms with Crippen molar-refractivity contribution in [2.24, 2.45) is 5.73 Å². The Balaban J connectivity index is 1.82. The van der Waals surface area contributed by atoms with Gasteiger partial charge in [-0.05, 0) is 12.8 Å². The van der Waals surface area contributed by atoms with E-state index in [1.807, 2.05) is 0 Å². The number of aromatic nitrogens is 2. The first-order valence-corrected chi connectivity index (χ1v) is 9.51. The first kappa shape index (κ1) is 17.3. The van der Waals surface area contributed by atoms with E-state index in [-0.39, 0.29) is 6.10 Å². The number of carbonyl (C=O) groups excluding carboxylic acids is 1. The number of hydrogen-bond acceptors (Lipinski definition) is 9. The smallest absolute Gasteiger partial charge is 0.260 e. The molecule has 9 nitrogen and oxygen atoms in total. The summed E-state index contributed by atoms with van der Waals surface area (Å²) in [7, 11) is 0. The summed E-state index contributed by atoms with van der Waals surface area (Å²) in [6, 6.07) is 0. The predicted octanol–water partition coefficient (Wildman–Crippen LogP) is 0.170. The molecule has 0 radical (unpaired) electrons. The molecule has 0 bridgehead atoms. The summed E-state index contributed by atoms with van der Waals surface area (Å²) in [5.41, 5.74) is 12.0. The van der Waals surface area contributed by atoms with Crippen LogP contribution in [0, 0.1) is 0 Å². The van der Waals surface area contributed by atoms with Crippen molar-refractivity contribution in [2.45, 2.75) is 18.9 Å². The Bertz CT molecular complexity index is 827. The van der Waals surface area contributed by atoms with Crippen molar-refractivity contribution in [2.75, 3.05) is 54.9 Å². The number of piperidine rings is 1. The van der Waals surface area contributed by atoms with Crippen LogP contribution < -0.4 is 21.3 Å². The molecule has 0 unspecified atom stereocenters. The van der Waals surface area contributed by atoms with Gasteiger partial charge in [0.05, 0.1) is 30.4 Å². The van der Waals surface area contributed by atoms with Crippen molar-refractivity contribution in [1.29, 1.82) is 0 Å². The molecular formula is C16H22N6O3S. The number of nitrogens with two attached hydrogens (primary N) is 2. The van der Waals surface area contributed by atoms with E-state index in [1.165, 1.54) is 11.3 Å². The summed E-state index contributed by atoms with van der Waals surface area (Å²) >= 11 is 1.20. The van der Waals surface area contributed by atoms with Crippen molar-refractivity contribution in [3.8, 4) is 0 Å². The van der Waals surface area contributed by atoms with Gasteiger partial charge >= 0.3 is 0 Å². The van der Waals surface area contributed by atoms with Gasteiger partial charge < -0.3 is 31.1 Å². The number of ether oxygens (including phenoxy) is 1. The Hall–Kier alpha value is -2.17. The zero-order valence-electron chi connectivity index (χ0n) is 14.3. The van der Waals surface area contributed by atoms with Crippen LogP contribution in [0.5, 0.6) is 0 Å². The lowest BCUT2D eigenvalue weighted by atomic mass is 10.1. The van der Waals surface area contributed by atoms with E-state index in [1.54, 1.807) is 0 Å². The van der Waals surface area contributed by atoms with E-state index in [2.05, 4.69) is 14.8 Å². The number of nitrogen functional groups attached to an aromatic ring is 1. The van der Waals surface area contributed by atoms with Gasteiger partial charge in [0, 0.05) is 26.2 Å². The van der Waals surface area contributed by atoms with Crippen LogP contribution in [-0.4, -0.2) is 66.5 Å². The van der Waals surface area contributed by atoms with E-state index < -0.39 is 5.91 Å². The molecule has 4 heterocycles. The molecule has 2 aromatic rings. The maximum absolute atomic E-state index is 11.7. The molecule has 2 aliphatic heterocycles. The number of anilines is 3. The van der Waals surface area contributed by atoms with Gasteiger partial charge in [0.2, 0.25) is 5.95 Å². The highest BCUT2D eigenvalue weighted by Gasteiger charge is 2.27. The first-order chi connectivity index (χ1) is 12.5. The quantitative estimate of drug-likeness (QED) is 0.689. The molecule has 2 aromatic heterocycles. The summed E-state index contributed by atoms with van der Waals surface area (Å²) in [4.78, 5) is 26.3. The molecule has 0 saturated carbocycles. The van der Waals surface area contributed by atoms with Crippen LogP contribution in [0.3, 0.4) is 0 Å². The number of rotatable bonds is 3. The monoisotopic (exact) mass is 378 g/mol. The summed E-state index contributed by atoms with van der Waals surface area (Å²) in [6.45, 7) is 4.02. The highest BCUT2D eigenvalue weighted by Crippen LogP contribution is 2.39. The number of nitrogens with zero attached hydrogens (tertiary/aromatic N) is 4.